The Balaban J connectivity index is 3.29. The Bertz CT molecular complexity index is 364. The molecule has 4 nitrogen and oxygen atoms in total. The van der Waals surface area contributed by atoms with Crippen molar-refractivity contribution in [3.05, 3.63) is 23.3 Å². The van der Waals surface area contributed by atoms with Gasteiger partial charge in [0.05, 0.1) is 19.8 Å². The molecular weight excluding hydrogens is 206 g/mol. The molecule has 1 aromatic rings. The van der Waals surface area contributed by atoms with Gasteiger partial charge in [-0.3, -0.25) is 0 Å². The first kappa shape index (κ1) is 12.8. The summed E-state index contributed by atoms with van der Waals surface area (Å²) in [6.07, 6.45) is 0. The fourth-order valence-electron chi connectivity index (χ4n) is 1.52. The SMILES string of the molecule is COc1cc(C(C)C)cc([C@H](N)CO)c1O. The van der Waals surface area contributed by atoms with Crippen LogP contribution in [0.3, 0.4) is 0 Å². The molecule has 0 aliphatic rings. The molecule has 1 rings (SSSR count). The van der Waals surface area contributed by atoms with Gasteiger partial charge >= 0.3 is 0 Å². The van der Waals surface area contributed by atoms with Crippen LogP contribution in [0.2, 0.25) is 0 Å². The number of aliphatic hydroxyl groups excluding tert-OH is 1. The number of hydrogen-bond donors (Lipinski definition) is 3. The van der Waals surface area contributed by atoms with Crippen molar-refractivity contribution in [3.63, 3.8) is 0 Å². The number of aromatic hydroxyl groups is 1. The van der Waals surface area contributed by atoms with Crippen molar-refractivity contribution in [1.29, 1.82) is 0 Å². The molecule has 0 saturated carbocycles. The Morgan fingerprint density at radius 2 is 2.00 bits per heavy atom. The van der Waals surface area contributed by atoms with E-state index in [4.69, 9.17) is 15.6 Å². The smallest absolute Gasteiger partial charge is 0.162 e. The molecule has 0 amide bonds. The number of benzene rings is 1. The van der Waals surface area contributed by atoms with Crippen LogP contribution in [0.15, 0.2) is 12.1 Å². The molecule has 0 heterocycles. The van der Waals surface area contributed by atoms with E-state index >= 15 is 0 Å². The first-order valence-corrected chi connectivity index (χ1v) is 5.28. The normalized spacial score (nSPS) is 12.9. The summed E-state index contributed by atoms with van der Waals surface area (Å²) >= 11 is 0. The van der Waals surface area contributed by atoms with Crippen LogP contribution in [0.4, 0.5) is 0 Å². The maximum Gasteiger partial charge on any atom is 0.162 e. The highest BCUT2D eigenvalue weighted by Gasteiger charge is 2.16. The van der Waals surface area contributed by atoms with Crippen LogP contribution >= 0.6 is 0 Å². The van der Waals surface area contributed by atoms with Crippen LogP contribution < -0.4 is 10.5 Å². The second-order valence-corrected chi connectivity index (χ2v) is 4.10. The Kier molecular flexibility index (Phi) is 4.15. The molecule has 0 aromatic heterocycles. The number of hydrogen-bond acceptors (Lipinski definition) is 4. The maximum atomic E-state index is 9.88. The van der Waals surface area contributed by atoms with Crippen LogP contribution in [-0.4, -0.2) is 23.9 Å². The molecule has 0 aliphatic carbocycles. The number of phenols is 1. The van der Waals surface area contributed by atoms with Crippen LogP contribution in [0.5, 0.6) is 11.5 Å². The predicted molar refractivity (Wildman–Crippen MR) is 62.8 cm³/mol. The van der Waals surface area contributed by atoms with Gasteiger partial charge in [-0.2, -0.15) is 0 Å². The zero-order valence-electron chi connectivity index (χ0n) is 9.90. The minimum atomic E-state index is -0.590. The summed E-state index contributed by atoms with van der Waals surface area (Å²) in [5.74, 6) is 0.706. The van der Waals surface area contributed by atoms with E-state index in [1.165, 1.54) is 7.11 Å². The second kappa shape index (κ2) is 5.18. The number of aliphatic hydroxyl groups is 1. The van der Waals surface area contributed by atoms with Crippen molar-refractivity contribution in [2.45, 2.75) is 25.8 Å². The minimum absolute atomic E-state index is 0.00782. The second-order valence-electron chi connectivity index (χ2n) is 4.10. The summed E-state index contributed by atoms with van der Waals surface area (Å²) in [7, 11) is 1.49. The third kappa shape index (κ3) is 2.46. The standard InChI is InChI=1S/C12H19NO3/c1-7(2)8-4-9(10(13)6-14)12(15)11(5-8)16-3/h4-5,7,10,14-15H,6,13H2,1-3H3/t10-/m1/s1. The number of methoxy groups -OCH3 is 1. The van der Waals surface area contributed by atoms with E-state index < -0.39 is 6.04 Å². The van der Waals surface area contributed by atoms with Crippen molar-refractivity contribution in [1.82, 2.24) is 0 Å². The van der Waals surface area contributed by atoms with E-state index in [9.17, 15) is 5.11 Å². The highest BCUT2D eigenvalue weighted by atomic mass is 16.5. The quantitative estimate of drug-likeness (QED) is 0.726. The molecule has 0 radical (unpaired) electrons. The van der Waals surface area contributed by atoms with Gasteiger partial charge in [0.25, 0.3) is 0 Å². The van der Waals surface area contributed by atoms with E-state index in [0.29, 0.717) is 17.2 Å². The van der Waals surface area contributed by atoms with Crippen molar-refractivity contribution in [2.75, 3.05) is 13.7 Å². The molecule has 0 aliphatic heterocycles. The Hall–Kier alpha value is -1.26. The van der Waals surface area contributed by atoms with Crippen molar-refractivity contribution in [3.8, 4) is 11.5 Å². The fourth-order valence-corrected chi connectivity index (χ4v) is 1.52. The largest absolute Gasteiger partial charge is 0.504 e. The van der Waals surface area contributed by atoms with Crippen molar-refractivity contribution in [2.24, 2.45) is 5.73 Å². The van der Waals surface area contributed by atoms with Gasteiger partial charge in [0.15, 0.2) is 11.5 Å². The van der Waals surface area contributed by atoms with E-state index in [1.54, 1.807) is 6.07 Å². The lowest BCUT2D eigenvalue weighted by Crippen LogP contribution is -2.15. The summed E-state index contributed by atoms with van der Waals surface area (Å²) in [6, 6.07) is 3.00. The number of nitrogens with two attached hydrogens (primary N) is 1. The van der Waals surface area contributed by atoms with Gasteiger partial charge in [-0.25, -0.2) is 0 Å². The molecule has 0 saturated heterocycles. The van der Waals surface area contributed by atoms with E-state index in [1.807, 2.05) is 19.9 Å². The highest BCUT2D eigenvalue weighted by molar-refractivity contribution is 5.50. The third-order valence-electron chi connectivity index (χ3n) is 2.61. The van der Waals surface area contributed by atoms with E-state index in [-0.39, 0.29) is 12.4 Å². The van der Waals surface area contributed by atoms with Gasteiger partial charge in [-0.1, -0.05) is 13.8 Å². The van der Waals surface area contributed by atoms with Crippen LogP contribution in [0.25, 0.3) is 0 Å². The van der Waals surface area contributed by atoms with Crippen LogP contribution in [0.1, 0.15) is 36.9 Å². The van der Waals surface area contributed by atoms with Gasteiger partial charge < -0.3 is 20.7 Å². The lowest BCUT2D eigenvalue weighted by Gasteiger charge is -2.17. The molecule has 1 atom stereocenters. The summed E-state index contributed by atoms with van der Waals surface area (Å²) in [5, 5.41) is 18.9. The first-order chi connectivity index (χ1) is 7.51. The van der Waals surface area contributed by atoms with E-state index in [2.05, 4.69) is 0 Å². The lowest BCUT2D eigenvalue weighted by molar-refractivity contribution is 0.264. The van der Waals surface area contributed by atoms with Gasteiger partial charge in [-0.15, -0.1) is 0 Å². The predicted octanol–water partition coefficient (Wildman–Crippen LogP) is 1.52. The van der Waals surface area contributed by atoms with Gasteiger partial charge in [0, 0.05) is 5.56 Å². The lowest BCUT2D eigenvalue weighted by atomic mass is 9.96. The van der Waals surface area contributed by atoms with Gasteiger partial charge in [0.2, 0.25) is 0 Å². The summed E-state index contributed by atoms with van der Waals surface area (Å²) in [5.41, 5.74) is 7.26. The molecule has 1 aromatic carbocycles. The van der Waals surface area contributed by atoms with Gasteiger partial charge in [0.1, 0.15) is 0 Å². The summed E-state index contributed by atoms with van der Waals surface area (Å²) < 4.78 is 5.08. The molecule has 0 unspecified atom stereocenters. The number of rotatable bonds is 4. The van der Waals surface area contributed by atoms with Gasteiger partial charge in [-0.05, 0) is 23.6 Å². The topological polar surface area (TPSA) is 75.7 Å². The van der Waals surface area contributed by atoms with E-state index in [0.717, 1.165) is 5.56 Å². The molecule has 0 fully saturated rings. The zero-order valence-corrected chi connectivity index (χ0v) is 9.90. The molecule has 4 N–H and O–H groups in total. The number of phenolic OH excluding ortho intramolecular Hbond substituents is 1. The van der Waals surface area contributed by atoms with Crippen LogP contribution in [-0.2, 0) is 0 Å². The third-order valence-corrected chi connectivity index (χ3v) is 2.61. The Morgan fingerprint density at radius 1 is 1.38 bits per heavy atom. The molecule has 16 heavy (non-hydrogen) atoms. The molecular formula is C12H19NO3. The Morgan fingerprint density at radius 3 is 2.44 bits per heavy atom. The summed E-state index contributed by atoms with van der Waals surface area (Å²) in [6.45, 7) is 3.87. The first-order valence-electron chi connectivity index (χ1n) is 5.28. The highest BCUT2D eigenvalue weighted by Crippen LogP contribution is 2.36. The van der Waals surface area contributed by atoms with Crippen molar-refractivity contribution >= 4 is 0 Å². The average molecular weight is 225 g/mol. The molecule has 0 bridgehead atoms. The Labute approximate surface area is 95.7 Å². The number of ether oxygens (including phenoxy) is 1. The average Bonchev–Trinajstić information content (AvgIpc) is 2.28. The molecule has 90 valence electrons. The monoisotopic (exact) mass is 225 g/mol. The van der Waals surface area contributed by atoms with Crippen LogP contribution in [0, 0.1) is 0 Å². The maximum absolute atomic E-state index is 9.88. The summed E-state index contributed by atoms with van der Waals surface area (Å²) in [4.78, 5) is 0. The molecule has 4 heteroatoms. The minimum Gasteiger partial charge on any atom is -0.504 e. The molecule has 0 spiro atoms. The van der Waals surface area contributed by atoms with Crippen molar-refractivity contribution < 1.29 is 14.9 Å². The fraction of sp³-hybridized carbons (Fsp3) is 0.500. The zero-order chi connectivity index (χ0) is 12.3.